The van der Waals surface area contributed by atoms with E-state index in [0.29, 0.717) is 0 Å². The fraction of sp³-hybridized carbons (Fsp3) is 0.273. The molecule has 0 amide bonds. The summed E-state index contributed by atoms with van der Waals surface area (Å²) in [6, 6.07) is 8.42. The van der Waals surface area contributed by atoms with Crippen molar-refractivity contribution in [3.8, 4) is 0 Å². The molecule has 1 aromatic rings. The maximum Gasteiger partial charge on any atom is 0.0175 e. The molecule has 0 unspecified atom stereocenters. The zero-order valence-corrected chi connectivity index (χ0v) is 10.2. The quantitative estimate of drug-likeness (QED) is 0.829. The molecule has 1 N–H and O–H groups in total. The van der Waals surface area contributed by atoms with Crippen LogP contribution in [0, 0.1) is 0 Å². The molecule has 0 aliphatic carbocycles. The molecule has 0 radical (unpaired) electrons. The molecule has 76 valence electrons. The van der Waals surface area contributed by atoms with Gasteiger partial charge in [-0.2, -0.15) is 0 Å². The largest absolute Gasteiger partial charge is 0.313 e. The first-order chi connectivity index (χ1) is 6.34. The lowest BCUT2D eigenvalue weighted by molar-refractivity contribution is 0.862. The number of halogens is 2. The van der Waals surface area contributed by atoms with Gasteiger partial charge in [-0.25, -0.2) is 0 Å². The highest BCUT2D eigenvalue weighted by Crippen LogP contribution is 2.15. The van der Waals surface area contributed by atoms with Crippen molar-refractivity contribution in [3.05, 3.63) is 39.9 Å². The van der Waals surface area contributed by atoms with Crippen molar-refractivity contribution < 1.29 is 0 Å². The number of hydrogen-bond donors (Lipinski definition) is 1. The summed E-state index contributed by atoms with van der Waals surface area (Å²) in [5.74, 6) is 0. The van der Waals surface area contributed by atoms with E-state index in [1.807, 2.05) is 0 Å². The Labute approximate surface area is 99.1 Å². The first-order valence-corrected chi connectivity index (χ1v) is 5.29. The number of hydrogen-bond acceptors (Lipinski definition) is 1. The van der Waals surface area contributed by atoms with Crippen molar-refractivity contribution in [3.63, 3.8) is 0 Å². The SMILES string of the molecule is Brc1ccc(/C=C2/CCNC2)cc1.Cl. The average Bonchev–Trinajstić information content (AvgIpc) is 2.62. The zero-order chi connectivity index (χ0) is 9.10. The summed E-state index contributed by atoms with van der Waals surface area (Å²) in [5.41, 5.74) is 2.80. The van der Waals surface area contributed by atoms with Crippen molar-refractivity contribution in [1.82, 2.24) is 5.32 Å². The maximum atomic E-state index is 3.43. The molecule has 0 aromatic heterocycles. The van der Waals surface area contributed by atoms with Crippen molar-refractivity contribution in [2.75, 3.05) is 13.1 Å². The van der Waals surface area contributed by atoms with Gasteiger partial charge in [0.25, 0.3) is 0 Å². The number of benzene rings is 1. The molecular weight excluding hydrogens is 261 g/mol. The summed E-state index contributed by atoms with van der Waals surface area (Å²) in [6.07, 6.45) is 3.46. The molecule has 0 spiro atoms. The van der Waals surface area contributed by atoms with Gasteiger partial charge in [0.05, 0.1) is 0 Å². The summed E-state index contributed by atoms with van der Waals surface area (Å²) < 4.78 is 1.14. The lowest BCUT2D eigenvalue weighted by Crippen LogP contribution is -2.04. The van der Waals surface area contributed by atoms with Gasteiger partial charge in [-0.15, -0.1) is 12.4 Å². The summed E-state index contributed by atoms with van der Waals surface area (Å²) in [7, 11) is 0. The van der Waals surface area contributed by atoms with Crippen LogP contribution in [0.1, 0.15) is 12.0 Å². The second kappa shape index (κ2) is 5.54. The fourth-order valence-corrected chi connectivity index (χ4v) is 1.77. The van der Waals surface area contributed by atoms with Crippen LogP contribution in [-0.4, -0.2) is 13.1 Å². The molecule has 1 aromatic carbocycles. The van der Waals surface area contributed by atoms with Crippen LogP contribution in [0.3, 0.4) is 0 Å². The van der Waals surface area contributed by atoms with Crippen molar-refractivity contribution in [1.29, 1.82) is 0 Å². The summed E-state index contributed by atoms with van der Waals surface area (Å²) >= 11 is 3.43. The standard InChI is InChI=1S/C11H12BrN.ClH/c12-11-3-1-9(2-4-11)7-10-5-6-13-8-10;/h1-4,7,13H,5-6,8H2;1H/b10-7-;. The van der Waals surface area contributed by atoms with E-state index in [1.54, 1.807) is 0 Å². The Morgan fingerprint density at radius 1 is 1.21 bits per heavy atom. The summed E-state index contributed by atoms with van der Waals surface area (Å²) in [6.45, 7) is 2.18. The summed E-state index contributed by atoms with van der Waals surface area (Å²) in [5, 5.41) is 3.33. The molecular formula is C11H13BrClN. The second-order valence-electron chi connectivity index (χ2n) is 3.28. The first-order valence-electron chi connectivity index (χ1n) is 4.50. The van der Waals surface area contributed by atoms with Crippen LogP contribution >= 0.6 is 28.3 Å². The minimum Gasteiger partial charge on any atom is -0.313 e. The van der Waals surface area contributed by atoms with E-state index in [1.165, 1.54) is 17.6 Å². The predicted molar refractivity (Wildman–Crippen MR) is 66.9 cm³/mol. The minimum atomic E-state index is 0. The van der Waals surface area contributed by atoms with Gasteiger partial charge in [0.15, 0.2) is 0 Å². The third-order valence-corrected chi connectivity index (χ3v) is 2.74. The average molecular weight is 275 g/mol. The molecule has 14 heavy (non-hydrogen) atoms. The first kappa shape index (κ1) is 11.8. The highest BCUT2D eigenvalue weighted by Gasteiger charge is 2.04. The molecule has 1 saturated heterocycles. The molecule has 0 bridgehead atoms. The van der Waals surface area contributed by atoms with E-state index < -0.39 is 0 Å². The van der Waals surface area contributed by atoms with Crippen LogP contribution in [0.2, 0.25) is 0 Å². The summed E-state index contributed by atoms with van der Waals surface area (Å²) in [4.78, 5) is 0. The lowest BCUT2D eigenvalue weighted by atomic mass is 10.1. The highest BCUT2D eigenvalue weighted by atomic mass is 79.9. The Bertz CT molecular complexity index is 311. The van der Waals surface area contributed by atoms with E-state index in [2.05, 4.69) is 51.6 Å². The van der Waals surface area contributed by atoms with Gasteiger partial charge in [0, 0.05) is 11.0 Å². The van der Waals surface area contributed by atoms with Gasteiger partial charge in [-0.05, 0) is 30.7 Å². The maximum absolute atomic E-state index is 3.43. The second-order valence-corrected chi connectivity index (χ2v) is 4.20. The molecule has 1 aliphatic heterocycles. The van der Waals surface area contributed by atoms with Crippen molar-refractivity contribution in [2.45, 2.75) is 6.42 Å². The third-order valence-electron chi connectivity index (χ3n) is 2.22. The van der Waals surface area contributed by atoms with Gasteiger partial charge in [-0.1, -0.05) is 39.7 Å². The topological polar surface area (TPSA) is 12.0 Å². The van der Waals surface area contributed by atoms with Crippen LogP contribution in [-0.2, 0) is 0 Å². The Morgan fingerprint density at radius 2 is 1.93 bits per heavy atom. The predicted octanol–water partition coefficient (Wildman–Crippen LogP) is 3.25. The lowest BCUT2D eigenvalue weighted by Gasteiger charge is -1.96. The zero-order valence-electron chi connectivity index (χ0n) is 7.79. The Hall–Kier alpha value is -0.310. The molecule has 3 heteroatoms. The number of nitrogens with one attached hydrogen (secondary N) is 1. The van der Waals surface area contributed by atoms with E-state index in [9.17, 15) is 0 Å². The monoisotopic (exact) mass is 273 g/mol. The molecule has 0 atom stereocenters. The van der Waals surface area contributed by atoms with Crippen LogP contribution < -0.4 is 5.32 Å². The van der Waals surface area contributed by atoms with Gasteiger partial charge in [-0.3, -0.25) is 0 Å². The molecule has 1 fully saturated rings. The third kappa shape index (κ3) is 3.12. The van der Waals surface area contributed by atoms with Crippen molar-refractivity contribution in [2.24, 2.45) is 0 Å². The Kier molecular flexibility index (Phi) is 4.66. The van der Waals surface area contributed by atoms with E-state index in [0.717, 1.165) is 17.6 Å². The number of rotatable bonds is 1. The van der Waals surface area contributed by atoms with Gasteiger partial charge in [0.1, 0.15) is 0 Å². The van der Waals surface area contributed by atoms with Crippen LogP contribution in [0.15, 0.2) is 34.3 Å². The smallest absolute Gasteiger partial charge is 0.0175 e. The van der Waals surface area contributed by atoms with Crippen LogP contribution in [0.4, 0.5) is 0 Å². The Balaban J connectivity index is 0.000000980. The van der Waals surface area contributed by atoms with E-state index in [-0.39, 0.29) is 12.4 Å². The highest BCUT2D eigenvalue weighted by molar-refractivity contribution is 9.10. The van der Waals surface area contributed by atoms with Gasteiger partial charge < -0.3 is 5.32 Å². The van der Waals surface area contributed by atoms with E-state index >= 15 is 0 Å². The molecule has 2 rings (SSSR count). The molecule has 1 nitrogen and oxygen atoms in total. The molecule has 0 saturated carbocycles. The van der Waals surface area contributed by atoms with Gasteiger partial charge in [0.2, 0.25) is 0 Å². The molecule has 1 aliphatic rings. The minimum absolute atomic E-state index is 0. The Morgan fingerprint density at radius 3 is 2.50 bits per heavy atom. The van der Waals surface area contributed by atoms with Crippen molar-refractivity contribution >= 4 is 34.4 Å². The van der Waals surface area contributed by atoms with Crippen LogP contribution in [0.5, 0.6) is 0 Å². The normalized spacial score (nSPS) is 18.2. The van der Waals surface area contributed by atoms with Gasteiger partial charge >= 0.3 is 0 Å². The molecule has 1 heterocycles. The fourth-order valence-electron chi connectivity index (χ4n) is 1.50. The van der Waals surface area contributed by atoms with E-state index in [4.69, 9.17) is 0 Å². The van der Waals surface area contributed by atoms with Crippen LogP contribution in [0.25, 0.3) is 6.08 Å².